The molecule has 0 amide bonds. The Morgan fingerprint density at radius 3 is 2.36 bits per heavy atom. The maximum absolute atomic E-state index is 5.69. The van der Waals surface area contributed by atoms with Crippen molar-refractivity contribution in [2.75, 3.05) is 18.5 Å². The highest BCUT2D eigenvalue weighted by molar-refractivity contribution is 5.37. The van der Waals surface area contributed by atoms with Crippen molar-refractivity contribution in [3.8, 4) is 0 Å². The molecule has 0 saturated heterocycles. The van der Waals surface area contributed by atoms with E-state index in [2.05, 4.69) is 21.9 Å². The molecule has 4 aliphatic carbocycles. The summed E-state index contributed by atoms with van der Waals surface area (Å²) in [5.41, 5.74) is 7.25. The van der Waals surface area contributed by atoms with Crippen molar-refractivity contribution in [2.45, 2.75) is 51.5 Å². The fourth-order valence-corrected chi connectivity index (χ4v) is 5.82. The van der Waals surface area contributed by atoms with Gasteiger partial charge in [-0.05, 0) is 68.1 Å². The van der Waals surface area contributed by atoms with Crippen LogP contribution in [0.5, 0.6) is 0 Å². The summed E-state index contributed by atoms with van der Waals surface area (Å²) in [6.07, 6.45) is 12.0. The SMILES string of the molecule is CN(CCC12CC3CC(CC(C3)C1)C2)c1cc(CN)ncn1. The van der Waals surface area contributed by atoms with Crippen LogP contribution in [-0.4, -0.2) is 23.6 Å². The lowest BCUT2D eigenvalue weighted by Crippen LogP contribution is -2.47. The molecule has 0 aliphatic heterocycles. The van der Waals surface area contributed by atoms with E-state index in [1.54, 1.807) is 6.33 Å². The second-order valence-electron chi connectivity index (χ2n) is 8.16. The Morgan fingerprint density at radius 1 is 1.14 bits per heavy atom. The topological polar surface area (TPSA) is 55.0 Å². The largest absolute Gasteiger partial charge is 0.360 e. The van der Waals surface area contributed by atoms with E-state index in [0.29, 0.717) is 12.0 Å². The van der Waals surface area contributed by atoms with Gasteiger partial charge in [0, 0.05) is 26.2 Å². The van der Waals surface area contributed by atoms with Crippen molar-refractivity contribution >= 4 is 5.82 Å². The minimum absolute atomic E-state index is 0.484. The molecule has 22 heavy (non-hydrogen) atoms. The molecule has 1 aromatic rings. The second-order valence-corrected chi connectivity index (χ2v) is 8.16. The third-order valence-electron chi connectivity index (χ3n) is 6.45. The Kier molecular flexibility index (Phi) is 3.60. The van der Waals surface area contributed by atoms with Crippen LogP contribution in [-0.2, 0) is 6.54 Å². The molecule has 120 valence electrons. The van der Waals surface area contributed by atoms with Gasteiger partial charge in [0.15, 0.2) is 0 Å². The van der Waals surface area contributed by atoms with Crippen molar-refractivity contribution in [1.82, 2.24) is 9.97 Å². The first-order valence-corrected chi connectivity index (χ1v) is 8.88. The molecule has 4 saturated carbocycles. The number of rotatable bonds is 5. The van der Waals surface area contributed by atoms with Crippen LogP contribution in [0.2, 0.25) is 0 Å². The Hall–Kier alpha value is -1.16. The second kappa shape index (κ2) is 5.48. The van der Waals surface area contributed by atoms with E-state index in [9.17, 15) is 0 Å². The van der Waals surface area contributed by atoms with Gasteiger partial charge in [0.05, 0.1) is 5.69 Å². The summed E-state index contributed by atoms with van der Waals surface area (Å²) in [6, 6.07) is 2.03. The highest BCUT2D eigenvalue weighted by atomic mass is 15.2. The fourth-order valence-electron chi connectivity index (χ4n) is 5.82. The van der Waals surface area contributed by atoms with Gasteiger partial charge < -0.3 is 10.6 Å². The fraction of sp³-hybridized carbons (Fsp3) is 0.778. The highest BCUT2D eigenvalue weighted by Crippen LogP contribution is 2.61. The smallest absolute Gasteiger partial charge is 0.131 e. The zero-order chi connectivity index (χ0) is 15.2. The lowest BCUT2D eigenvalue weighted by molar-refractivity contribution is -0.0558. The van der Waals surface area contributed by atoms with Crippen LogP contribution in [0.4, 0.5) is 5.82 Å². The van der Waals surface area contributed by atoms with Gasteiger partial charge in [-0.1, -0.05) is 0 Å². The first kappa shape index (κ1) is 14.4. The molecule has 2 N–H and O–H groups in total. The van der Waals surface area contributed by atoms with E-state index < -0.39 is 0 Å². The molecule has 4 bridgehead atoms. The summed E-state index contributed by atoms with van der Waals surface area (Å²) in [7, 11) is 2.16. The van der Waals surface area contributed by atoms with Gasteiger partial charge >= 0.3 is 0 Å². The van der Waals surface area contributed by atoms with Crippen molar-refractivity contribution in [1.29, 1.82) is 0 Å². The van der Waals surface area contributed by atoms with Crippen molar-refractivity contribution < 1.29 is 0 Å². The van der Waals surface area contributed by atoms with Gasteiger partial charge in [0.2, 0.25) is 0 Å². The predicted octanol–water partition coefficient (Wildman–Crippen LogP) is 2.98. The maximum atomic E-state index is 5.69. The first-order valence-electron chi connectivity index (χ1n) is 8.88. The van der Waals surface area contributed by atoms with Gasteiger partial charge in [-0.25, -0.2) is 9.97 Å². The Morgan fingerprint density at radius 2 is 1.77 bits per heavy atom. The van der Waals surface area contributed by atoms with Crippen LogP contribution in [0, 0.1) is 23.2 Å². The van der Waals surface area contributed by atoms with Crippen molar-refractivity contribution in [2.24, 2.45) is 28.9 Å². The van der Waals surface area contributed by atoms with E-state index in [-0.39, 0.29) is 0 Å². The van der Waals surface area contributed by atoms with Gasteiger partial charge in [0.25, 0.3) is 0 Å². The maximum Gasteiger partial charge on any atom is 0.131 e. The third kappa shape index (κ3) is 2.62. The lowest BCUT2D eigenvalue weighted by atomic mass is 9.49. The first-order chi connectivity index (χ1) is 10.7. The zero-order valence-corrected chi connectivity index (χ0v) is 13.7. The van der Waals surface area contributed by atoms with Gasteiger partial charge in [-0.3, -0.25) is 0 Å². The minimum atomic E-state index is 0.484. The molecule has 4 aliphatic rings. The van der Waals surface area contributed by atoms with Crippen LogP contribution < -0.4 is 10.6 Å². The molecule has 0 spiro atoms. The predicted molar refractivity (Wildman–Crippen MR) is 88.4 cm³/mol. The Labute approximate surface area is 133 Å². The van der Waals surface area contributed by atoms with Gasteiger partial charge in [-0.2, -0.15) is 0 Å². The monoisotopic (exact) mass is 300 g/mol. The molecule has 1 heterocycles. The molecule has 4 nitrogen and oxygen atoms in total. The standard InChI is InChI=1S/C18H28N4/c1-22(17-7-16(11-19)20-12-21-17)3-2-18-8-13-4-14(9-18)6-15(5-13)10-18/h7,12-15H,2-6,8-11,19H2,1H3. The number of aromatic nitrogens is 2. The molecule has 4 heteroatoms. The van der Waals surface area contributed by atoms with Crippen molar-refractivity contribution in [3.63, 3.8) is 0 Å². The Bertz CT molecular complexity index is 506. The molecule has 0 unspecified atom stereocenters. The Balaban J connectivity index is 1.41. The molecule has 4 fully saturated rings. The number of anilines is 1. The average molecular weight is 300 g/mol. The van der Waals surface area contributed by atoms with E-state index in [1.807, 2.05) is 6.07 Å². The average Bonchev–Trinajstić information content (AvgIpc) is 2.51. The molecular weight excluding hydrogens is 272 g/mol. The van der Waals surface area contributed by atoms with Crippen molar-refractivity contribution in [3.05, 3.63) is 18.1 Å². The summed E-state index contributed by atoms with van der Waals surface area (Å²) >= 11 is 0. The number of hydrogen-bond acceptors (Lipinski definition) is 4. The third-order valence-corrected chi connectivity index (χ3v) is 6.45. The van der Waals surface area contributed by atoms with Crippen LogP contribution in [0.1, 0.15) is 50.6 Å². The van der Waals surface area contributed by atoms with E-state index >= 15 is 0 Å². The normalized spacial score (nSPS) is 35.8. The molecule has 1 aromatic heterocycles. The molecule has 0 atom stereocenters. The van der Waals surface area contributed by atoms with Gasteiger partial charge in [0.1, 0.15) is 12.1 Å². The zero-order valence-electron chi connectivity index (χ0n) is 13.7. The van der Waals surface area contributed by atoms with Crippen LogP contribution in [0.15, 0.2) is 12.4 Å². The molecular formula is C18H28N4. The summed E-state index contributed by atoms with van der Waals surface area (Å²) in [6.45, 7) is 1.59. The van der Waals surface area contributed by atoms with Crippen LogP contribution in [0.25, 0.3) is 0 Å². The van der Waals surface area contributed by atoms with E-state index in [0.717, 1.165) is 35.8 Å². The molecule has 5 rings (SSSR count). The summed E-state index contributed by atoms with van der Waals surface area (Å²) in [5, 5.41) is 0. The number of hydrogen-bond donors (Lipinski definition) is 1. The minimum Gasteiger partial charge on any atom is -0.360 e. The quantitative estimate of drug-likeness (QED) is 0.908. The molecule has 0 aromatic carbocycles. The van der Waals surface area contributed by atoms with Crippen LogP contribution >= 0.6 is 0 Å². The van der Waals surface area contributed by atoms with Crippen LogP contribution in [0.3, 0.4) is 0 Å². The number of nitrogens with two attached hydrogens (primary N) is 1. The summed E-state index contributed by atoms with van der Waals surface area (Å²) < 4.78 is 0. The number of nitrogens with zero attached hydrogens (tertiary/aromatic N) is 3. The van der Waals surface area contributed by atoms with Gasteiger partial charge in [-0.15, -0.1) is 0 Å². The highest BCUT2D eigenvalue weighted by Gasteiger charge is 2.50. The molecule has 0 radical (unpaired) electrons. The van der Waals surface area contributed by atoms with E-state index in [1.165, 1.54) is 44.9 Å². The lowest BCUT2D eigenvalue weighted by Gasteiger charge is -2.57. The summed E-state index contributed by atoms with van der Waals surface area (Å²) in [4.78, 5) is 10.9. The summed E-state index contributed by atoms with van der Waals surface area (Å²) in [5.74, 6) is 4.14. The van der Waals surface area contributed by atoms with E-state index in [4.69, 9.17) is 5.73 Å².